The molecule has 0 aromatic carbocycles. The predicted molar refractivity (Wildman–Crippen MR) is 77.1 cm³/mol. The van der Waals surface area contributed by atoms with Gasteiger partial charge in [-0.05, 0) is 18.8 Å². The van der Waals surface area contributed by atoms with E-state index < -0.39 is 17.5 Å². The van der Waals surface area contributed by atoms with Crippen LogP contribution in [-0.4, -0.2) is 66.1 Å². The minimum Gasteiger partial charge on any atom is -0.480 e. The number of aliphatic hydroxyl groups excluding tert-OH is 1. The molecule has 7 heteroatoms. The summed E-state index contributed by atoms with van der Waals surface area (Å²) in [6.07, 6.45) is 2.64. The lowest BCUT2D eigenvalue weighted by atomic mass is 9.76. The van der Waals surface area contributed by atoms with Crippen molar-refractivity contribution < 1.29 is 24.5 Å². The summed E-state index contributed by atoms with van der Waals surface area (Å²) in [6, 6.07) is -0.461. The number of hydrogen-bond donors (Lipinski definition) is 3. The molecular formula is C14H26N2O5. The Kier molecular flexibility index (Phi) is 6.91. The first-order chi connectivity index (χ1) is 9.95. The van der Waals surface area contributed by atoms with Crippen LogP contribution in [0.1, 0.15) is 32.6 Å². The van der Waals surface area contributed by atoms with E-state index >= 15 is 0 Å². The molecule has 7 nitrogen and oxygen atoms in total. The smallest absolute Gasteiger partial charge is 0.329 e. The van der Waals surface area contributed by atoms with Crippen molar-refractivity contribution in [2.45, 2.75) is 38.1 Å². The van der Waals surface area contributed by atoms with Gasteiger partial charge in [0.05, 0.1) is 13.2 Å². The highest BCUT2D eigenvalue weighted by Crippen LogP contribution is 2.32. The number of hydrogen-bond acceptors (Lipinski definition) is 4. The number of nitrogens with one attached hydrogen (secondary N) is 1. The van der Waals surface area contributed by atoms with Crippen molar-refractivity contribution in [3.63, 3.8) is 0 Å². The number of aliphatic hydroxyl groups is 1. The summed E-state index contributed by atoms with van der Waals surface area (Å²) >= 11 is 0. The van der Waals surface area contributed by atoms with E-state index in [9.17, 15) is 14.7 Å². The first kappa shape index (κ1) is 17.7. The van der Waals surface area contributed by atoms with Crippen molar-refractivity contribution in [1.82, 2.24) is 10.2 Å². The standard InChI is InChI=1S/C14H26N2O5/c1-11-4-3-5-14(10-11,12(18)19)15-13(20)16(6-8-17)7-9-21-2/h11,17H,3-10H2,1-2H3,(H,15,20)(H,18,19). The van der Waals surface area contributed by atoms with Crippen molar-refractivity contribution in [2.24, 2.45) is 5.92 Å². The van der Waals surface area contributed by atoms with Gasteiger partial charge in [0.2, 0.25) is 0 Å². The Bertz CT molecular complexity index is 363. The van der Waals surface area contributed by atoms with Gasteiger partial charge in [-0.15, -0.1) is 0 Å². The number of methoxy groups -OCH3 is 1. The zero-order valence-corrected chi connectivity index (χ0v) is 12.8. The molecule has 2 atom stereocenters. The quantitative estimate of drug-likeness (QED) is 0.642. The lowest BCUT2D eigenvalue weighted by molar-refractivity contribution is -0.146. The maximum Gasteiger partial charge on any atom is 0.329 e. The van der Waals surface area contributed by atoms with Crippen molar-refractivity contribution in [3.05, 3.63) is 0 Å². The molecule has 0 aromatic rings. The van der Waals surface area contributed by atoms with Crippen LogP contribution in [0.4, 0.5) is 4.79 Å². The second kappa shape index (κ2) is 8.19. The number of nitrogens with zero attached hydrogens (tertiary/aromatic N) is 1. The van der Waals surface area contributed by atoms with Crippen molar-refractivity contribution in [2.75, 3.05) is 33.4 Å². The molecule has 21 heavy (non-hydrogen) atoms. The van der Waals surface area contributed by atoms with Gasteiger partial charge in [0.1, 0.15) is 5.54 Å². The van der Waals surface area contributed by atoms with Crippen LogP contribution < -0.4 is 5.32 Å². The minimum absolute atomic E-state index is 0.153. The lowest BCUT2D eigenvalue weighted by Gasteiger charge is -2.38. The summed E-state index contributed by atoms with van der Waals surface area (Å²) in [7, 11) is 1.52. The first-order valence-electron chi connectivity index (χ1n) is 7.35. The molecule has 1 saturated carbocycles. The van der Waals surface area contributed by atoms with Crippen molar-refractivity contribution >= 4 is 12.0 Å². The minimum atomic E-state index is -1.20. The Hall–Kier alpha value is -1.34. The largest absolute Gasteiger partial charge is 0.480 e. The molecule has 0 aromatic heterocycles. The van der Waals surface area contributed by atoms with Gasteiger partial charge in [-0.25, -0.2) is 9.59 Å². The van der Waals surface area contributed by atoms with Crippen LogP contribution in [-0.2, 0) is 9.53 Å². The van der Waals surface area contributed by atoms with Gasteiger partial charge in [-0.2, -0.15) is 0 Å². The summed E-state index contributed by atoms with van der Waals surface area (Å²) < 4.78 is 4.93. The van der Waals surface area contributed by atoms with Gasteiger partial charge in [-0.3, -0.25) is 0 Å². The van der Waals surface area contributed by atoms with Gasteiger partial charge in [-0.1, -0.05) is 19.8 Å². The monoisotopic (exact) mass is 302 g/mol. The van der Waals surface area contributed by atoms with Crippen LogP contribution in [0.5, 0.6) is 0 Å². The summed E-state index contributed by atoms with van der Waals surface area (Å²) in [5.74, 6) is -0.724. The summed E-state index contributed by atoms with van der Waals surface area (Å²) in [6.45, 7) is 2.63. The normalized spacial score (nSPS) is 25.4. The zero-order valence-electron chi connectivity index (χ0n) is 12.8. The molecule has 0 saturated heterocycles. The number of carbonyl (C=O) groups excluding carboxylic acids is 1. The number of aliphatic carboxylic acids is 1. The number of carboxylic acids is 1. The molecule has 2 unspecified atom stereocenters. The zero-order chi connectivity index (χ0) is 15.9. The summed E-state index contributed by atoms with van der Waals surface area (Å²) in [5, 5.41) is 21.2. The third-order valence-electron chi connectivity index (χ3n) is 3.98. The van der Waals surface area contributed by atoms with Gasteiger partial charge < -0.3 is 25.2 Å². The molecule has 3 N–H and O–H groups in total. The van der Waals surface area contributed by atoms with E-state index in [2.05, 4.69) is 5.32 Å². The van der Waals surface area contributed by atoms with Crippen molar-refractivity contribution in [3.8, 4) is 0 Å². The summed E-state index contributed by atoms with van der Waals surface area (Å²) in [4.78, 5) is 25.3. The fourth-order valence-corrected chi connectivity index (χ4v) is 2.83. The Morgan fingerprint density at radius 1 is 1.43 bits per heavy atom. The van der Waals surface area contributed by atoms with E-state index in [0.717, 1.165) is 12.8 Å². The molecule has 0 radical (unpaired) electrons. The van der Waals surface area contributed by atoms with Crippen LogP contribution in [0.25, 0.3) is 0 Å². The highest BCUT2D eigenvalue weighted by Gasteiger charge is 2.43. The van der Waals surface area contributed by atoms with E-state index in [1.807, 2.05) is 6.92 Å². The highest BCUT2D eigenvalue weighted by atomic mass is 16.5. The van der Waals surface area contributed by atoms with E-state index in [1.165, 1.54) is 12.0 Å². The molecular weight excluding hydrogens is 276 g/mol. The van der Waals surface area contributed by atoms with E-state index in [-0.39, 0.29) is 19.1 Å². The van der Waals surface area contributed by atoms with Gasteiger partial charge in [0.25, 0.3) is 0 Å². The SMILES string of the molecule is COCCN(CCO)C(=O)NC1(C(=O)O)CCCC(C)C1. The molecule has 1 rings (SSSR count). The molecule has 1 fully saturated rings. The van der Waals surface area contributed by atoms with Gasteiger partial charge in [0, 0.05) is 20.2 Å². The maximum absolute atomic E-state index is 12.3. The average Bonchev–Trinajstić information content (AvgIpc) is 2.43. The first-order valence-corrected chi connectivity index (χ1v) is 7.35. The van der Waals surface area contributed by atoms with E-state index in [1.54, 1.807) is 0 Å². The molecule has 1 aliphatic carbocycles. The van der Waals surface area contributed by atoms with E-state index in [0.29, 0.717) is 26.0 Å². The Morgan fingerprint density at radius 3 is 2.67 bits per heavy atom. The van der Waals surface area contributed by atoms with E-state index in [4.69, 9.17) is 9.84 Å². The molecule has 122 valence electrons. The number of carbonyl (C=O) groups is 2. The number of ether oxygens (including phenoxy) is 1. The molecule has 0 aliphatic heterocycles. The number of urea groups is 1. The van der Waals surface area contributed by atoms with Crippen LogP contribution in [0.15, 0.2) is 0 Å². The second-order valence-electron chi connectivity index (χ2n) is 5.72. The Balaban J connectivity index is 2.76. The van der Waals surface area contributed by atoms with Crippen LogP contribution in [0.3, 0.4) is 0 Å². The fourth-order valence-electron chi connectivity index (χ4n) is 2.83. The second-order valence-corrected chi connectivity index (χ2v) is 5.72. The third-order valence-corrected chi connectivity index (χ3v) is 3.98. The molecule has 0 spiro atoms. The number of carboxylic acid groups (broad SMARTS) is 1. The van der Waals surface area contributed by atoms with Gasteiger partial charge >= 0.3 is 12.0 Å². The number of amides is 2. The Morgan fingerprint density at radius 2 is 2.14 bits per heavy atom. The fraction of sp³-hybridized carbons (Fsp3) is 0.857. The third kappa shape index (κ3) is 4.86. The molecule has 1 aliphatic rings. The highest BCUT2D eigenvalue weighted by molar-refractivity contribution is 5.86. The maximum atomic E-state index is 12.3. The average molecular weight is 302 g/mol. The summed E-state index contributed by atoms with van der Waals surface area (Å²) in [5.41, 5.74) is -1.20. The van der Waals surface area contributed by atoms with Crippen LogP contribution in [0, 0.1) is 5.92 Å². The lowest BCUT2D eigenvalue weighted by Crippen LogP contribution is -2.60. The number of rotatable bonds is 7. The van der Waals surface area contributed by atoms with Gasteiger partial charge in [0.15, 0.2) is 0 Å². The van der Waals surface area contributed by atoms with Crippen molar-refractivity contribution in [1.29, 1.82) is 0 Å². The molecule has 0 bridgehead atoms. The topological polar surface area (TPSA) is 99.1 Å². The molecule has 2 amide bonds. The predicted octanol–water partition coefficient (Wildman–Crippen LogP) is 0.670. The van der Waals surface area contributed by atoms with Crippen LogP contribution in [0.2, 0.25) is 0 Å². The molecule has 0 heterocycles. The van der Waals surface area contributed by atoms with Crippen LogP contribution >= 0.6 is 0 Å². The Labute approximate surface area is 125 Å².